The predicted molar refractivity (Wildman–Crippen MR) is 53.0 cm³/mol. The van der Waals surface area contributed by atoms with Crippen molar-refractivity contribution >= 4 is 21.6 Å². The number of H-pyrrole nitrogens is 1. The highest BCUT2D eigenvalue weighted by Crippen LogP contribution is 2.14. The van der Waals surface area contributed by atoms with Crippen molar-refractivity contribution in [3.05, 3.63) is 32.3 Å². The topological polar surface area (TPSA) is 50.2 Å². The number of hydrogen-bond acceptors (Lipinski definition) is 2. The molecule has 2 rings (SSSR count). The standard InChI is InChI=1S/C8H8BrN3O/c1-4-5(2)11-7-6(9)3-10-12(7)8(4)13/h3,10H,1-2H3. The second kappa shape index (κ2) is 2.70. The lowest BCUT2D eigenvalue weighted by atomic mass is 10.3. The van der Waals surface area contributed by atoms with Crippen LogP contribution in [0, 0.1) is 13.8 Å². The van der Waals surface area contributed by atoms with Gasteiger partial charge in [-0.05, 0) is 29.8 Å². The number of aryl methyl sites for hydroxylation is 1. The Hall–Kier alpha value is -1.10. The van der Waals surface area contributed by atoms with E-state index in [4.69, 9.17) is 0 Å². The molecule has 0 aliphatic rings. The molecule has 2 aromatic rings. The second-order valence-corrected chi connectivity index (χ2v) is 3.76. The smallest absolute Gasteiger partial charge is 0.275 e. The summed E-state index contributed by atoms with van der Waals surface area (Å²) >= 11 is 3.31. The minimum atomic E-state index is -0.0480. The van der Waals surface area contributed by atoms with Crippen molar-refractivity contribution in [3.8, 4) is 0 Å². The first-order valence-corrected chi connectivity index (χ1v) is 4.63. The zero-order valence-corrected chi connectivity index (χ0v) is 8.84. The van der Waals surface area contributed by atoms with Gasteiger partial charge in [0.15, 0.2) is 5.65 Å². The van der Waals surface area contributed by atoms with Crippen molar-refractivity contribution < 1.29 is 0 Å². The van der Waals surface area contributed by atoms with Crippen molar-refractivity contribution in [2.45, 2.75) is 13.8 Å². The molecule has 0 aliphatic carbocycles. The van der Waals surface area contributed by atoms with E-state index in [1.807, 2.05) is 6.92 Å². The number of aromatic nitrogens is 3. The first kappa shape index (κ1) is 8.50. The van der Waals surface area contributed by atoms with Crippen LogP contribution >= 0.6 is 15.9 Å². The van der Waals surface area contributed by atoms with Gasteiger partial charge in [0.25, 0.3) is 5.56 Å². The fourth-order valence-corrected chi connectivity index (χ4v) is 1.55. The quantitative estimate of drug-likeness (QED) is 0.759. The molecule has 0 saturated heterocycles. The average Bonchev–Trinajstić information content (AvgIpc) is 2.45. The Bertz CT molecular complexity index is 526. The molecular formula is C8H8BrN3O. The number of aromatic amines is 1. The van der Waals surface area contributed by atoms with Crippen LogP contribution in [-0.4, -0.2) is 14.6 Å². The van der Waals surface area contributed by atoms with Crippen molar-refractivity contribution in [2.24, 2.45) is 0 Å². The third-order valence-electron chi connectivity index (χ3n) is 2.09. The minimum absolute atomic E-state index is 0.0480. The summed E-state index contributed by atoms with van der Waals surface area (Å²) in [4.78, 5) is 15.9. The molecule has 0 amide bonds. The zero-order valence-electron chi connectivity index (χ0n) is 7.26. The van der Waals surface area contributed by atoms with Crippen LogP contribution in [0.25, 0.3) is 5.65 Å². The van der Waals surface area contributed by atoms with E-state index in [9.17, 15) is 4.79 Å². The summed E-state index contributed by atoms with van der Waals surface area (Å²) in [5.41, 5.74) is 2.03. The van der Waals surface area contributed by atoms with Crippen molar-refractivity contribution in [2.75, 3.05) is 0 Å². The van der Waals surface area contributed by atoms with Crippen molar-refractivity contribution in [1.29, 1.82) is 0 Å². The Morgan fingerprint density at radius 1 is 1.54 bits per heavy atom. The lowest BCUT2D eigenvalue weighted by Crippen LogP contribution is -2.19. The Kier molecular flexibility index (Phi) is 1.76. The van der Waals surface area contributed by atoms with Gasteiger partial charge in [-0.15, -0.1) is 0 Å². The maximum atomic E-state index is 11.6. The van der Waals surface area contributed by atoms with Gasteiger partial charge in [0.05, 0.1) is 4.47 Å². The Morgan fingerprint density at radius 3 is 2.92 bits per heavy atom. The molecule has 0 fully saturated rings. The maximum Gasteiger partial charge on any atom is 0.275 e. The van der Waals surface area contributed by atoms with Crippen LogP contribution in [-0.2, 0) is 0 Å². The molecule has 4 nitrogen and oxygen atoms in total. The van der Waals surface area contributed by atoms with Crippen LogP contribution in [0.3, 0.4) is 0 Å². The molecule has 2 heterocycles. The van der Waals surface area contributed by atoms with Crippen LogP contribution < -0.4 is 5.56 Å². The molecule has 68 valence electrons. The molecule has 0 unspecified atom stereocenters. The normalized spacial score (nSPS) is 11.0. The van der Waals surface area contributed by atoms with Crippen molar-refractivity contribution in [3.63, 3.8) is 0 Å². The molecule has 0 radical (unpaired) electrons. The van der Waals surface area contributed by atoms with Gasteiger partial charge in [-0.3, -0.25) is 9.89 Å². The van der Waals surface area contributed by atoms with Gasteiger partial charge >= 0.3 is 0 Å². The highest BCUT2D eigenvalue weighted by atomic mass is 79.9. The molecule has 0 atom stereocenters. The largest absolute Gasteiger partial charge is 0.296 e. The lowest BCUT2D eigenvalue weighted by Gasteiger charge is -1.98. The zero-order chi connectivity index (χ0) is 9.59. The van der Waals surface area contributed by atoms with E-state index in [0.29, 0.717) is 11.2 Å². The maximum absolute atomic E-state index is 11.6. The summed E-state index contributed by atoms with van der Waals surface area (Å²) in [6.07, 6.45) is 1.70. The van der Waals surface area contributed by atoms with E-state index in [-0.39, 0.29) is 5.56 Å². The molecule has 0 spiro atoms. The van der Waals surface area contributed by atoms with Gasteiger partial charge in [0, 0.05) is 17.5 Å². The van der Waals surface area contributed by atoms with Gasteiger partial charge in [0.2, 0.25) is 0 Å². The summed E-state index contributed by atoms with van der Waals surface area (Å²) in [5.74, 6) is 0. The van der Waals surface area contributed by atoms with Crippen LogP contribution in [0.5, 0.6) is 0 Å². The Balaban J connectivity index is 3.05. The number of nitrogens with one attached hydrogen (secondary N) is 1. The average molecular weight is 242 g/mol. The van der Waals surface area contributed by atoms with E-state index in [2.05, 4.69) is 26.0 Å². The number of halogens is 1. The van der Waals surface area contributed by atoms with Crippen LogP contribution in [0.15, 0.2) is 15.5 Å². The molecule has 0 aromatic carbocycles. The Labute approximate surface area is 82.7 Å². The fourth-order valence-electron chi connectivity index (χ4n) is 1.18. The Morgan fingerprint density at radius 2 is 2.23 bits per heavy atom. The molecule has 0 bridgehead atoms. The van der Waals surface area contributed by atoms with Crippen LogP contribution in [0.2, 0.25) is 0 Å². The minimum Gasteiger partial charge on any atom is -0.296 e. The number of rotatable bonds is 0. The molecule has 0 aliphatic heterocycles. The van der Waals surface area contributed by atoms with E-state index in [1.54, 1.807) is 13.1 Å². The molecule has 1 N–H and O–H groups in total. The number of nitrogens with zero attached hydrogens (tertiary/aromatic N) is 2. The lowest BCUT2D eigenvalue weighted by molar-refractivity contribution is 0.873. The predicted octanol–water partition coefficient (Wildman–Crippen LogP) is 1.40. The molecule has 13 heavy (non-hydrogen) atoms. The summed E-state index contributed by atoms with van der Waals surface area (Å²) in [7, 11) is 0. The van der Waals surface area contributed by atoms with Gasteiger partial charge in [-0.1, -0.05) is 0 Å². The number of hydrogen-bond donors (Lipinski definition) is 1. The third kappa shape index (κ3) is 1.11. The van der Waals surface area contributed by atoms with E-state index in [1.165, 1.54) is 4.52 Å². The first-order chi connectivity index (χ1) is 6.11. The second-order valence-electron chi connectivity index (χ2n) is 2.91. The van der Waals surface area contributed by atoms with Crippen molar-refractivity contribution in [1.82, 2.24) is 14.6 Å². The molecule has 0 saturated carbocycles. The summed E-state index contributed by atoms with van der Waals surface area (Å²) in [6.45, 7) is 3.60. The van der Waals surface area contributed by atoms with Gasteiger partial charge in [0.1, 0.15) is 0 Å². The van der Waals surface area contributed by atoms with Gasteiger partial charge in [-0.2, -0.15) is 0 Å². The summed E-state index contributed by atoms with van der Waals surface area (Å²) in [6, 6.07) is 0. The SMILES string of the molecule is Cc1nc2c(Br)c[nH]n2c(=O)c1C. The molecule has 5 heteroatoms. The van der Waals surface area contributed by atoms with Crippen LogP contribution in [0.4, 0.5) is 0 Å². The molecular weight excluding hydrogens is 234 g/mol. The summed E-state index contributed by atoms with van der Waals surface area (Å²) < 4.78 is 2.22. The summed E-state index contributed by atoms with van der Waals surface area (Å²) in [5, 5.41) is 2.82. The highest BCUT2D eigenvalue weighted by Gasteiger charge is 2.08. The van der Waals surface area contributed by atoms with Crippen LogP contribution in [0.1, 0.15) is 11.3 Å². The third-order valence-corrected chi connectivity index (χ3v) is 2.67. The first-order valence-electron chi connectivity index (χ1n) is 3.84. The van der Waals surface area contributed by atoms with Gasteiger partial charge < -0.3 is 0 Å². The van der Waals surface area contributed by atoms with Gasteiger partial charge in [-0.25, -0.2) is 9.50 Å². The number of fused-ring (bicyclic) bond motifs is 1. The molecule has 2 aromatic heterocycles. The monoisotopic (exact) mass is 241 g/mol. The fraction of sp³-hybridized carbons (Fsp3) is 0.250. The highest BCUT2D eigenvalue weighted by molar-refractivity contribution is 9.10. The van der Waals surface area contributed by atoms with E-state index in [0.717, 1.165) is 10.2 Å². The van der Waals surface area contributed by atoms with E-state index < -0.39 is 0 Å². The van der Waals surface area contributed by atoms with E-state index >= 15 is 0 Å².